The summed E-state index contributed by atoms with van der Waals surface area (Å²) < 4.78 is 27.2. The molecule has 34 heavy (non-hydrogen) atoms. The van der Waals surface area contributed by atoms with E-state index >= 15 is 0 Å². The van der Waals surface area contributed by atoms with Crippen molar-refractivity contribution in [2.45, 2.75) is 95.3 Å². The molecule has 0 aromatic rings. The lowest BCUT2D eigenvalue weighted by molar-refractivity contribution is -0.0571. The zero-order chi connectivity index (χ0) is 24.3. The smallest absolute Gasteiger partial charge is 0.407 e. The number of carbonyl (C=O) groups is 1. The molecule has 0 aromatic heterocycles. The summed E-state index contributed by atoms with van der Waals surface area (Å²) >= 11 is -1.07. The molecule has 4 rings (SSSR count). The Balaban J connectivity index is 1.22. The lowest BCUT2D eigenvalue weighted by atomic mass is 9.94. The third-order valence-electron chi connectivity index (χ3n) is 7.41. The number of ether oxygens (including phenoxy) is 2. The second kappa shape index (κ2) is 11.4. The summed E-state index contributed by atoms with van der Waals surface area (Å²) in [6.07, 6.45) is 8.05. The Morgan fingerprint density at radius 3 is 2.44 bits per heavy atom. The first-order valence-corrected chi connectivity index (χ1v) is 14.3. The van der Waals surface area contributed by atoms with Crippen LogP contribution >= 0.6 is 0 Å². The van der Waals surface area contributed by atoms with Crippen LogP contribution in [0.4, 0.5) is 4.79 Å². The van der Waals surface area contributed by atoms with Gasteiger partial charge in [-0.15, -0.1) is 4.31 Å². The average Bonchev–Trinajstić information content (AvgIpc) is 2.76. The number of nitrogens with one attached hydrogen (secondary N) is 2. The minimum absolute atomic E-state index is 0.0159. The molecule has 2 N–H and O–H groups in total. The Morgan fingerprint density at radius 1 is 1.12 bits per heavy atom. The summed E-state index contributed by atoms with van der Waals surface area (Å²) in [7, 11) is 0. The Hall–Kier alpha value is -1.00. The minimum atomic E-state index is -1.07. The van der Waals surface area contributed by atoms with E-state index < -0.39 is 17.0 Å². The maximum atomic E-state index is 13.4. The average molecular weight is 497 g/mol. The van der Waals surface area contributed by atoms with Gasteiger partial charge in [-0.2, -0.15) is 0 Å². The van der Waals surface area contributed by atoms with Crippen molar-refractivity contribution in [2.75, 3.05) is 39.3 Å². The largest absolute Gasteiger partial charge is 0.597 e. The molecule has 0 radical (unpaired) electrons. The van der Waals surface area contributed by atoms with E-state index in [4.69, 9.17) is 9.47 Å². The molecule has 9 heteroatoms. The van der Waals surface area contributed by atoms with E-state index in [2.05, 4.69) is 32.8 Å². The fourth-order valence-corrected chi connectivity index (χ4v) is 6.90. The molecule has 0 aromatic carbocycles. The minimum Gasteiger partial charge on any atom is -0.597 e. The van der Waals surface area contributed by atoms with Gasteiger partial charge >= 0.3 is 6.09 Å². The Bertz CT molecular complexity index is 710. The first-order valence-electron chi connectivity index (χ1n) is 13.2. The predicted molar refractivity (Wildman–Crippen MR) is 135 cm³/mol. The van der Waals surface area contributed by atoms with E-state index in [-0.39, 0.29) is 23.5 Å². The van der Waals surface area contributed by atoms with Crippen molar-refractivity contribution in [2.24, 2.45) is 5.92 Å². The molecule has 8 nitrogen and oxygen atoms in total. The molecule has 0 bridgehead atoms. The number of hydrogen-bond donors (Lipinski definition) is 2. The number of hydrogen-bond acceptors (Lipinski definition) is 7. The highest BCUT2D eigenvalue weighted by atomic mass is 32.2. The van der Waals surface area contributed by atoms with Crippen LogP contribution in [0.15, 0.2) is 11.8 Å². The fourth-order valence-electron chi connectivity index (χ4n) is 5.35. The molecule has 1 amide bonds. The van der Waals surface area contributed by atoms with Crippen molar-refractivity contribution in [3.63, 3.8) is 0 Å². The first-order chi connectivity index (χ1) is 16.2. The second-order valence-electron chi connectivity index (χ2n) is 11.4. The monoisotopic (exact) mass is 496 g/mol. The quantitative estimate of drug-likeness (QED) is 0.547. The van der Waals surface area contributed by atoms with E-state index in [0.29, 0.717) is 12.0 Å². The van der Waals surface area contributed by atoms with Crippen LogP contribution in [0.25, 0.3) is 0 Å². The fraction of sp³-hybridized carbons (Fsp3) is 0.880. The molecule has 3 aliphatic heterocycles. The zero-order valence-corrected chi connectivity index (χ0v) is 22.2. The van der Waals surface area contributed by atoms with E-state index in [1.807, 2.05) is 20.8 Å². The normalized spacial score (nSPS) is 29.7. The van der Waals surface area contributed by atoms with Crippen molar-refractivity contribution in [1.82, 2.24) is 19.8 Å². The van der Waals surface area contributed by atoms with E-state index in [1.54, 1.807) is 0 Å². The van der Waals surface area contributed by atoms with Gasteiger partial charge in [0.05, 0.1) is 0 Å². The van der Waals surface area contributed by atoms with Crippen LogP contribution in [0.2, 0.25) is 0 Å². The number of alkyl carbamates (subject to hydrolysis) is 1. The van der Waals surface area contributed by atoms with Crippen LogP contribution in [0.3, 0.4) is 0 Å². The lowest BCUT2D eigenvalue weighted by Crippen LogP contribution is -2.58. The topological polar surface area (TPSA) is 89.1 Å². The highest BCUT2D eigenvalue weighted by Gasteiger charge is 2.39. The molecule has 2 unspecified atom stereocenters. The van der Waals surface area contributed by atoms with Crippen molar-refractivity contribution in [3.8, 4) is 0 Å². The summed E-state index contributed by atoms with van der Waals surface area (Å²) in [6, 6.07) is 0.775. The number of allylic oxidation sites excluding steroid dienone is 1. The Kier molecular flexibility index (Phi) is 8.72. The molecule has 3 heterocycles. The van der Waals surface area contributed by atoms with Crippen LogP contribution in [-0.2, 0) is 20.8 Å². The molecule has 3 saturated heterocycles. The molecule has 0 spiro atoms. The van der Waals surface area contributed by atoms with Crippen LogP contribution < -0.4 is 10.6 Å². The number of rotatable bonds is 6. The van der Waals surface area contributed by atoms with Gasteiger partial charge in [0.15, 0.2) is 5.25 Å². The zero-order valence-electron chi connectivity index (χ0n) is 21.4. The van der Waals surface area contributed by atoms with E-state index in [9.17, 15) is 9.35 Å². The number of likely N-dealkylation sites (tertiary alicyclic amines) is 1. The standard InChI is InChI=1S/C25H44N4O4S/c1-18-5-6-22(15-23(18)32-21-16-28(17-21)20-7-11-26-12-8-20)34(31)29-13-9-19(10-14-29)27-24(30)33-25(2,3)4/h15,18-22,26H,5-14,16-17H2,1-4H3,(H,27,30)/t18-,22?,34?/m0/s1. The van der Waals surface area contributed by atoms with Gasteiger partial charge in [0, 0.05) is 68.0 Å². The molecule has 0 saturated carbocycles. The number of piperidine rings is 2. The Morgan fingerprint density at radius 2 is 1.79 bits per heavy atom. The summed E-state index contributed by atoms with van der Waals surface area (Å²) in [6.45, 7) is 13.5. The van der Waals surface area contributed by atoms with E-state index in [1.165, 1.54) is 12.8 Å². The van der Waals surface area contributed by atoms with Crippen LogP contribution in [-0.4, -0.2) is 88.2 Å². The van der Waals surface area contributed by atoms with Crippen molar-refractivity contribution in [3.05, 3.63) is 11.8 Å². The van der Waals surface area contributed by atoms with Crippen LogP contribution in [0.5, 0.6) is 0 Å². The van der Waals surface area contributed by atoms with Gasteiger partial charge in [0.25, 0.3) is 0 Å². The van der Waals surface area contributed by atoms with Crippen molar-refractivity contribution >= 4 is 17.5 Å². The summed E-state index contributed by atoms with van der Waals surface area (Å²) in [4.78, 5) is 14.6. The SMILES string of the molecule is C[C@H]1CCC([S+]([O-])N2CCC(NC(=O)OC(C)(C)C)CC2)C=C1OC1CN(C2CCNCC2)C1. The van der Waals surface area contributed by atoms with Crippen LogP contribution in [0.1, 0.15) is 66.2 Å². The number of nitrogens with zero attached hydrogens (tertiary/aromatic N) is 2. The van der Waals surface area contributed by atoms with Gasteiger partial charge in [-0.25, -0.2) is 4.79 Å². The predicted octanol–water partition coefficient (Wildman–Crippen LogP) is 2.77. The van der Waals surface area contributed by atoms with Gasteiger partial charge in [0.1, 0.15) is 17.5 Å². The number of amides is 1. The molecule has 4 aliphatic rings. The molecular formula is C25H44N4O4S. The van der Waals surface area contributed by atoms with Gasteiger partial charge in [-0.1, -0.05) is 6.92 Å². The second-order valence-corrected chi connectivity index (χ2v) is 13.1. The van der Waals surface area contributed by atoms with Gasteiger partial charge in [0.2, 0.25) is 0 Å². The summed E-state index contributed by atoms with van der Waals surface area (Å²) in [5, 5.41) is 6.42. The number of carbonyl (C=O) groups excluding carboxylic acids is 1. The van der Waals surface area contributed by atoms with Gasteiger partial charge < -0.3 is 24.7 Å². The molecule has 1 aliphatic carbocycles. The van der Waals surface area contributed by atoms with Crippen LogP contribution in [0, 0.1) is 5.92 Å². The maximum absolute atomic E-state index is 13.4. The van der Waals surface area contributed by atoms with Gasteiger partial charge in [-0.3, -0.25) is 4.90 Å². The molecular weight excluding hydrogens is 452 g/mol. The van der Waals surface area contributed by atoms with E-state index in [0.717, 1.165) is 70.7 Å². The summed E-state index contributed by atoms with van der Waals surface area (Å²) in [5.41, 5.74) is -0.498. The first kappa shape index (κ1) is 26.1. The molecule has 3 fully saturated rings. The highest BCUT2D eigenvalue weighted by molar-refractivity contribution is 7.89. The van der Waals surface area contributed by atoms with Crippen molar-refractivity contribution in [1.29, 1.82) is 0 Å². The highest BCUT2D eigenvalue weighted by Crippen LogP contribution is 2.33. The lowest BCUT2D eigenvalue weighted by Gasteiger charge is -2.46. The Labute approximate surface area is 208 Å². The molecule has 3 atom stereocenters. The molecule has 194 valence electrons. The van der Waals surface area contributed by atoms with Gasteiger partial charge in [-0.05, 0) is 66.0 Å². The third kappa shape index (κ3) is 7.03. The maximum Gasteiger partial charge on any atom is 0.407 e. The summed E-state index contributed by atoms with van der Waals surface area (Å²) in [5.74, 6) is 1.44. The van der Waals surface area contributed by atoms with Crippen molar-refractivity contribution < 1.29 is 18.8 Å². The third-order valence-corrected chi connectivity index (χ3v) is 9.18.